The number of ether oxygens (including phenoxy) is 3. The molecule has 1 amide bonds. The average molecular weight is 408 g/mol. The highest BCUT2D eigenvalue weighted by Crippen LogP contribution is 2.17. The molecular weight excluding hydrogens is 370 g/mol. The minimum absolute atomic E-state index is 0.147. The Morgan fingerprint density at radius 3 is 2.04 bits per heavy atom. The van der Waals surface area contributed by atoms with Gasteiger partial charge in [-0.05, 0) is 48.0 Å². The molecule has 0 saturated carbocycles. The normalized spacial score (nSPS) is 15.0. The molecule has 0 saturated heterocycles. The maximum atomic E-state index is 11.9. The lowest BCUT2D eigenvalue weighted by Gasteiger charge is -2.28. The van der Waals surface area contributed by atoms with Gasteiger partial charge in [-0.15, -0.1) is 6.58 Å². The van der Waals surface area contributed by atoms with Crippen molar-refractivity contribution in [2.24, 2.45) is 0 Å². The number of carbonyl (C=O) groups is 1. The molecule has 0 radical (unpaired) electrons. The zero-order valence-corrected chi connectivity index (χ0v) is 18.6. The van der Waals surface area contributed by atoms with Crippen molar-refractivity contribution in [3.05, 3.63) is 12.7 Å². The first-order valence-electron chi connectivity index (χ1n) is 9.62. The van der Waals surface area contributed by atoms with Gasteiger partial charge in [0.2, 0.25) is 6.29 Å². The molecule has 160 valence electrons. The Bertz CT molecular complexity index is 394. The van der Waals surface area contributed by atoms with E-state index in [1.54, 1.807) is 19.9 Å². The summed E-state index contributed by atoms with van der Waals surface area (Å²) in [4.78, 5) is 11.9. The molecule has 0 aromatic heterocycles. The zero-order chi connectivity index (χ0) is 20.7. The van der Waals surface area contributed by atoms with Crippen LogP contribution in [-0.4, -0.2) is 59.9 Å². The largest absolute Gasteiger partial charge is 0.500 e. The minimum atomic E-state index is -2.68. The molecule has 0 aromatic rings. The molecule has 3 unspecified atom stereocenters. The summed E-state index contributed by atoms with van der Waals surface area (Å²) in [7, 11) is -2.68. The van der Waals surface area contributed by atoms with Crippen LogP contribution in [0.25, 0.3) is 0 Å². The van der Waals surface area contributed by atoms with Crippen LogP contribution in [0.3, 0.4) is 0 Å². The van der Waals surface area contributed by atoms with Gasteiger partial charge in [-0.1, -0.05) is 6.08 Å². The Kier molecular flexibility index (Phi) is 14.5. The van der Waals surface area contributed by atoms with E-state index in [0.29, 0.717) is 38.8 Å². The lowest BCUT2D eigenvalue weighted by atomic mass is 10.4. The topological polar surface area (TPSA) is 84.5 Å². The molecule has 27 heavy (non-hydrogen) atoms. The highest BCUT2D eigenvalue weighted by Gasteiger charge is 2.39. The fraction of sp³-hybridized carbons (Fsp3) is 0.833. The Morgan fingerprint density at radius 1 is 1.00 bits per heavy atom. The van der Waals surface area contributed by atoms with E-state index < -0.39 is 27.5 Å². The third-order valence-electron chi connectivity index (χ3n) is 3.42. The summed E-state index contributed by atoms with van der Waals surface area (Å²) in [5.74, 6) is 0. The molecule has 0 aliphatic carbocycles. The number of amides is 1. The van der Waals surface area contributed by atoms with Gasteiger partial charge >= 0.3 is 14.9 Å². The first-order valence-corrected chi connectivity index (χ1v) is 11.5. The molecule has 0 spiro atoms. The van der Waals surface area contributed by atoms with Crippen molar-refractivity contribution < 1.29 is 32.3 Å². The van der Waals surface area contributed by atoms with Crippen molar-refractivity contribution in [2.45, 2.75) is 72.7 Å². The predicted octanol–water partition coefficient (Wildman–Crippen LogP) is 3.45. The number of alkyl carbamates (subject to hydrolysis) is 1. The first kappa shape index (κ1) is 26.0. The summed E-state index contributed by atoms with van der Waals surface area (Å²) in [5, 5.41) is 2.70. The Morgan fingerprint density at radius 2 is 1.56 bits per heavy atom. The van der Waals surface area contributed by atoms with E-state index in [-0.39, 0.29) is 6.10 Å². The van der Waals surface area contributed by atoms with E-state index in [1.165, 1.54) is 0 Å². The van der Waals surface area contributed by atoms with Crippen LogP contribution in [0.2, 0.25) is 6.04 Å². The molecule has 3 atom stereocenters. The van der Waals surface area contributed by atoms with Crippen LogP contribution >= 0.6 is 0 Å². The van der Waals surface area contributed by atoms with Gasteiger partial charge in [-0.2, -0.15) is 0 Å². The van der Waals surface area contributed by atoms with Crippen LogP contribution in [0.1, 0.15) is 48.0 Å². The molecule has 0 bridgehead atoms. The van der Waals surface area contributed by atoms with Gasteiger partial charge in [0.05, 0.1) is 6.10 Å². The fourth-order valence-corrected chi connectivity index (χ4v) is 4.99. The summed E-state index contributed by atoms with van der Waals surface area (Å²) in [5.41, 5.74) is 0. The second-order valence-corrected chi connectivity index (χ2v) is 8.50. The molecule has 0 aliphatic rings. The summed E-state index contributed by atoms with van der Waals surface area (Å²) >= 11 is 0. The van der Waals surface area contributed by atoms with Crippen molar-refractivity contribution >= 4 is 14.9 Å². The Labute approximate surface area is 164 Å². The number of carbonyl (C=O) groups excluding carboxylic acids is 1. The van der Waals surface area contributed by atoms with Crippen molar-refractivity contribution in [3.63, 3.8) is 0 Å². The molecule has 0 rings (SSSR count). The highest BCUT2D eigenvalue weighted by molar-refractivity contribution is 6.60. The molecule has 0 aromatic carbocycles. The maximum Gasteiger partial charge on any atom is 0.500 e. The van der Waals surface area contributed by atoms with Gasteiger partial charge in [-0.25, -0.2) is 4.79 Å². The molecule has 9 heteroatoms. The van der Waals surface area contributed by atoms with Gasteiger partial charge in [-0.3, -0.25) is 0 Å². The van der Waals surface area contributed by atoms with E-state index in [9.17, 15) is 4.79 Å². The van der Waals surface area contributed by atoms with Crippen LogP contribution < -0.4 is 5.32 Å². The predicted molar refractivity (Wildman–Crippen MR) is 105 cm³/mol. The monoisotopic (exact) mass is 407 g/mol. The highest BCUT2D eigenvalue weighted by atomic mass is 28.4. The summed E-state index contributed by atoms with van der Waals surface area (Å²) in [6.45, 7) is 16.6. The molecular formula is C18H37NO7Si. The third-order valence-corrected chi connectivity index (χ3v) is 6.57. The van der Waals surface area contributed by atoms with Gasteiger partial charge in [0.1, 0.15) is 0 Å². The summed E-state index contributed by atoms with van der Waals surface area (Å²) in [6, 6.07) is 0.624. The molecule has 0 aliphatic heterocycles. The van der Waals surface area contributed by atoms with Crippen LogP contribution in [0.15, 0.2) is 12.7 Å². The minimum Gasteiger partial charge on any atom is -0.420 e. The average Bonchev–Trinajstić information content (AvgIpc) is 2.59. The maximum absolute atomic E-state index is 11.9. The smallest absolute Gasteiger partial charge is 0.420 e. The summed E-state index contributed by atoms with van der Waals surface area (Å²) in [6.07, 6.45) is 0.368. The third kappa shape index (κ3) is 12.2. The van der Waals surface area contributed by atoms with Crippen molar-refractivity contribution in [1.82, 2.24) is 5.32 Å². The molecule has 0 heterocycles. The number of hydrogen-bond acceptors (Lipinski definition) is 7. The van der Waals surface area contributed by atoms with Crippen molar-refractivity contribution in [3.8, 4) is 0 Å². The van der Waals surface area contributed by atoms with E-state index in [4.69, 9.17) is 27.5 Å². The Balaban J connectivity index is 4.20. The number of hydrogen-bond donors (Lipinski definition) is 1. The van der Waals surface area contributed by atoms with Gasteiger partial charge in [0, 0.05) is 32.4 Å². The lowest BCUT2D eigenvalue weighted by molar-refractivity contribution is -0.220. The van der Waals surface area contributed by atoms with Crippen molar-refractivity contribution in [2.75, 3.05) is 26.4 Å². The van der Waals surface area contributed by atoms with Crippen LogP contribution in [0.5, 0.6) is 0 Å². The van der Waals surface area contributed by atoms with E-state index in [0.717, 1.165) is 0 Å². The van der Waals surface area contributed by atoms with Gasteiger partial charge in [0.25, 0.3) is 0 Å². The molecule has 0 fully saturated rings. The van der Waals surface area contributed by atoms with Crippen LogP contribution in [0.4, 0.5) is 4.79 Å². The number of nitrogens with one attached hydrogen (secondary N) is 1. The number of rotatable bonds is 16. The van der Waals surface area contributed by atoms with Crippen LogP contribution in [-0.2, 0) is 27.5 Å². The van der Waals surface area contributed by atoms with Gasteiger partial charge in [0.15, 0.2) is 6.29 Å². The molecule has 1 N–H and O–H groups in total. The second-order valence-electron chi connectivity index (χ2n) is 5.77. The first-order chi connectivity index (χ1) is 12.8. The fourth-order valence-electron chi connectivity index (χ4n) is 2.38. The Hall–Kier alpha value is -0.973. The van der Waals surface area contributed by atoms with Crippen molar-refractivity contribution in [1.29, 1.82) is 0 Å². The second kappa shape index (κ2) is 15.0. The van der Waals surface area contributed by atoms with Gasteiger partial charge < -0.3 is 32.8 Å². The van der Waals surface area contributed by atoms with E-state index in [2.05, 4.69) is 11.9 Å². The quantitative estimate of drug-likeness (QED) is 0.181. The van der Waals surface area contributed by atoms with Crippen LogP contribution in [0, 0.1) is 0 Å². The van der Waals surface area contributed by atoms with E-state index >= 15 is 0 Å². The summed E-state index contributed by atoms with van der Waals surface area (Å²) < 4.78 is 33.4. The molecule has 8 nitrogen and oxygen atoms in total. The van der Waals surface area contributed by atoms with E-state index in [1.807, 2.05) is 27.7 Å². The SMILES string of the molecule is C=CC(C)OC(C)OC(C)OC(=O)NCCC[Si](OCC)(OCC)OCC. The zero-order valence-electron chi connectivity index (χ0n) is 17.6. The lowest BCUT2D eigenvalue weighted by Crippen LogP contribution is -2.46. The standard InChI is InChI=1S/C18H37NO7Si/c1-8-15(5)24-16(6)25-17(7)26-18(20)19-13-12-14-27(21-9-2,22-10-3)23-11-4/h8,15-17H,1,9-14H2,2-7H3,(H,19,20).